The Hall–Kier alpha value is -5.61. The zero-order valence-electron chi connectivity index (χ0n) is 24.4. The van der Waals surface area contributed by atoms with Crippen molar-refractivity contribution in [1.82, 2.24) is 15.0 Å². The van der Waals surface area contributed by atoms with Crippen LogP contribution in [0.1, 0.15) is 25.0 Å². The molecule has 1 aliphatic rings. The van der Waals surface area contributed by atoms with Crippen LogP contribution in [0.25, 0.3) is 78.0 Å². The molecule has 0 saturated carbocycles. The van der Waals surface area contributed by atoms with Gasteiger partial charge in [-0.2, -0.15) is 0 Å². The molecule has 4 nitrogen and oxygen atoms in total. The molecule has 0 spiro atoms. The Morgan fingerprint density at radius 2 is 1.16 bits per heavy atom. The van der Waals surface area contributed by atoms with Crippen LogP contribution in [0.4, 0.5) is 0 Å². The highest BCUT2D eigenvalue weighted by atomic mass is 16.3. The van der Waals surface area contributed by atoms with Gasteiger partial charge in [-0.15, -0.1) is 0 Å². The number of para-hydroxylation sites is 2. The largest absolute Gasteiger partial charge is 0.455 e. The highest BCUT2D eigenvalue weighted by molar-refractivity contribution is 6.09. The summed E-state index contributed by atoms with van der Waals surface area (Å²) in [5, 5.41) is 4.66. The van der Waals surface area contributed by atoms with Gasteiger partial charge in [0.25, 0.3) is 0 Å². The van der Waals surface area contributed by atoms with E-state index in [9.17, 15) is 0 Å². The Kier molecular flexibility index (Phi) is 5.21. The molecule has 0 saturated heterocycles. The first-order valence-electron chi connectivity index (χ1n) is 15.0. The van der Waals surface area contributed by atoms with Crippen molar-refractivity contribution < 1.29 is 4.42 Å². The first-order valence-corrected chi connectivity index (χ1v) is 15.0. The minimum Gasteiger partial charge on any atom is -0.455 e. The lowest BCUT2D eigenvalue weighted by molar-refractivity contribution is 0.666. The summed E-state index contributed by atoms with van der Waals surface area (Å²) in [7, 11) is 0. The molecule has 0 amide bonds. The Morgan fingerprint density at radius 3 is 2.02 bits per heavy atom. The van der Waals surface area contributed by atoms with Crippen molar-refractivity contribution in [3.63, 3.8) is 0 Å². The predicted octanol–water partition coefficient (Wildman–Crippen LogP) is 10.2. The Morgan fingerprint density at radius 1 is 0.500 bits per heavy atom. The third-order valence-corrected chi connectivity index (χ3v) is 9.11. The van der Waals surface area contributed by atoms with Gasteiger partial charge in [-0.25, -0.2) is 15.0 Å². The molecule has 0 radical (unpaired) electrons. The van der Waals surface area contributed by atoms with Crippen LogP contribution in [-0.2, 0) is 5.41 Å². The van der Waals surface area contributed by atoms with Gasteiger partial charge < -0.3 is 4.42 Å². The van der Waals surface area contributed by atoms with E-state index in [4.69, 9.17) is 19.4 Å². The molecule has 2 heterocycles. The second kappa shape index (κ2) is 9.19. The molecule has 1 aliphatic carbocycles. The highest BCUT2D eigenvalue weighted by Gasteiger charge is 2.38. The van der Waals surface area contributed by atoms with E-state index in [1.165, 1.54) is 33.0 Å². The number of aromatic nitrogens is 3. The van der Waals surface area contributed by atoms with Crippen molar-refractivity contribution in [3.8, 4) is 45.3 Å². The molecule has 0 bridgehead atoms. The summed E-state index contributed by atoms with van der Waals surface area (Å²) in [6.07, 6.45) is 0. The van der Waals surface area contributed by atoms with E-state index in [2.05, 4.69) is 86.6 Å². The third kappa shape index (κ3) is 3.54. The van der Waals surface area contributed by atoms with E-state index < -0.39 is 0 Å². The Bertz CT molecular complexity index is 2420. The van der Waals surface area contributed by atoms with Gasteiger partial charge in [-0.05, 0) is 45.2 Å². The van der Waals surface area contributed by atoms with Crippen molar-refractivity contribution in [2.24, 2.45) is 0 Å². The second-order valence-electron chi connectivity index (χ2n) is 12.0. The van der Waals surface area contributed by atoms with E-state index in [1.807, 2.05) is 54.6 Å². The maximum Gasteiger partial charge on any atom is 0.167 e. The van der Waals surface area contributed by atoms with Crippen molar-refractivity contribution in [3.05, 3.63) is 139 Å². The van der Waals surface area contributed by atoms with E-state index >= 15 is 0 Å². The monoisotopic (exact) mass is 565 g/mol. The van der Waals surface area contributed by atoms with Gasteiger partial charge in [0, 0.05) is 27.3 Å². The maximum atomic E-state index is 6.42. The molecular weight excluding hydrogens is 538 g/mol. The Balaban J connectivity index is 1.33. The number of furan rings is 1. The number of rotatable bonds is 3. The molecular formula is C40H27N3O. The fraction of sp³-hybridized carbons (Fsp3) is 0.0750. The van der Waals surface area contributed by atoms with Crippen LogP contribution in [0.5, 0.6) is 0 Å². The maximum absolute atomic E-state index is 6.42. The summed E-state index contributed by atoms with van der Waals surface area (Å²) >= 11 is 0. The molecule has 9 rings (SSSR count). The number of nitrogens with zero attached hydrogens (tertiary/aromatic N) is 3. The van der Waals surface area contributed by atoms with Gasteiger partial charge in [0.15, 0.2) is 17.5 Å². The lowest BCUT2D eigenvalue weighted by Gasteiger charge is -2.23. The molecule has 6 aromatic carbocycles. The standard InChI is InChI=1S/C40H27N3O/c1-40(2)32-20-11-18-30(34(32)29-23-22-24-12-6-7-15-26(24)35(29)40)38-41-37(25-13-4-3-5-14-25)42-39(43-38)31-19-10-17-28-27-16-8-9-21-33(27)44-36(28)31/h3-23H,1-2H3. The quantitative estimate of drug-likeness (QED) is 0.214. The van der Waals surface area contributed by atoms with E-state index in [0.29, 0.717) is 17.5 Å². The van der Waals surface area contributed by atoms with Crippen LogP contribution < -0.4 is 0 Å². The number of fused-ring (bicyclic) bond motifs is 8. The fourth-order valence-corrected chi connectivity index (χ4v) is 7.09. The summed E-state index contributed by atoms with van der Waals surface area (Å²) in [6, 6.07) is 44.2. The summed E-state index contributed by atoms with van der Waals surface area (Å²) in [5.74, 6) is 1.87. The van der Waals surface area contributed by atoms with Crippen LogP contribution in [0.15, 0.2) is 132 Å². The van der Waals surface area contributed by atoms with Crippen molar-refractivity contribution in [2.45, 2.75) is 19.3 Å². The number of hydrogen-bond acceptors (Lipinski definition) is 4. The van der Waals surface area contributed by atoms with Crippen molar-refractivity contribution in [1.29, 1.82) is 0 Å². The van der Waals surface area contributed by atoms with Crippen LogP contribution >= 0.6 is 0 Å². The van der Waals surface area contributed by atoms with Crippen LogP contribution in [0, 0.1) is 0 Å². The molecule has 0 unspecified atom stereocenters. The molecule has 4 heteroatoms. The molecule has 44 heavy (non-hydrogen) atoms. The lowest BCUT2D eigenvalue weighted by atomic mass is 9.80. The average molecular weight is 566 g/mol. The number of benzene rings is 6. The summed E-state index contributed by atoms with van der Waals surface area (Å²) in [4.78, 5) is 15.4. The molecule has 208 valence electrons. The summed E-state index contributed by atoms with van der Waals surface area (Å²) in [5.41, 5.74) is 9.29. The topological polar surface area (TPSA) is 51.8 Å². The first-order chi connectivity index (χ1) is 21.6. The van der Waals surface area contributed by atoms with E-state index in [-0.39, 0.29) is 5.41 Å². The van der Waals surface area contributed by atoms with Gasteiger partial charge in [0.2, 0.25) is 0 Å². The van der Waals surface area contributed by atoms with Gasteiger partial charge >= 0.3 is 0 Å². The Labute approximate surface area is 254 Å². The molecule has 2 aromatic heterocycles. The van der Waals surface area contributed by atoms with Gasteiger partial charge in [-0.3, -0.25) is 0 Å². The predicted molar refractivity (Wildman–Crippen MR) is 178 cm³/mol. The van der Waals surface area contributed by atoms with E-state index in [1.54, 1.807) is 0 Å². The summed E-state index contributed by atoms with van der Waals surface area (Å²) < 4.78 is 6.42. The smallest absolute Gasteiger partial charge is 0.167 e. The highest BCUT2D eigenvalue weighted by Crippen LogP contribution is 2.54. The van der Waals surface area contributed by atoms with Crippen LogP contribution in [-0.4, -0.2) is 15.0 Å². The summed E-state index contributed by atoms with van der Waals surface area (Å²) in [6.45, 7) is 4.65. The van der Waals surface area contributed by atoms with Gasteiger partial charge in [0.05, 0.1) is 5.56 Å². The zero-order valence-corrected chi connectivity index (χ0v) is 24.4. The second-order valence-corrected chi connectivity index (χ2v) is 12.0. The van der Waals surface area contributed by atoms with Crippen LogP contribution in [0.2, 0.25) is 0 Å². The molecule has 8 aromatic rings. The minimum absolute atomic E-state index is 0.181. The molecule has 0 atom stereocenters. The van der Waals surface area contributed by atoms with E-state index in [0.717, 1.165) is 38.6 Å². The SMILES string of the molecule is CC1(C)c2cccc(-c3nc(-c4ccccc4)nc(-c4cccc5c4oc4ccccc45)n3)c2-c2ccc3ccccc3c21. The van der Waals surface area contributed by atoms with Gasteiger partial charge in [0.1, 0.15) is 11.2 Å². The zero-order chi connectivity index (χ0) is 29.4. The van der Waals surface area contributed by atoms with Crippen LogP contribution in [0.3, 0.4) is 0 Å². The molecule has 0 aliphatic heterocycles. The normalized spacial score (nSPS) is 13.4. The first kappa shape index (κ1) is 24.9. The third-order valence-electron chi connectivity index (χ3n) is 9.11. The fourth-order valence-electron chi connectivity index (χ4n) is 7.09. The molecule has 0 fully saturated rings. The average Bonchev–Trinajstić information content (AvgIpc) is 3.57. The van der Waals surface area contributed by atoms with Gasteiger partial charge in [-0.1, -0.05) is 129 Å². The van der Waals surface area contributed by atoms with Crippen molar-refractivity contribution >= 4 is 32.7 Å². The molecule has 0 N–H and O–H groups in total. The number of hydrogen-bond donors (Lipinski definition) is 0. The minimum atomic E-state index is -0.181. The van der Waals surface area contributed by atoms with Crippen molar-refractivity contribution in [2.75, 3.05) is 0 Å². The lowest BCUT2D eigenvalue weighted by Crippen LogP contribution is -2.15.